The summed E-state index contributed by atoms with van der Waals surface area (Å²) in [6.45, 7) is 6.22. The fraction of sp³-hybridized carbons (Fsp3) is 0.294. The number of hydrogen-bond donors (Lipinski definition) is 0. The molecule has 1 nitrogen and oxygen atoms in total. The minimum atomic E-state index is -2.48. The standard InChI is InChI=1S/C17H21OP/c1-17(2,3)19(18,16-12-8-5-9-13-16)14-15-10-6-4-7-11-15/h4-13H,14H2,1-3H3/t19-/m1/s1. The lowest BCUT2D eigenvalue weighted by Crippen LogP contribution is -2.24. The predicted octanol–water partition coefficient (Wildman–Crippen LogP) is 4.67. The number of hydrogen-bond acceptors (Lipinski definition) is 1. The fourth-order valence-electron chi connectivity index (χ4n) is 2.23. The summed E-state index contributed by atoms with van der Waals surface area (Å²) in [6, 6.07) is 20.0. The summed E-state index contributed by atoms with van der Waals surface area (Å²) in [5, 5.41) is 0.746. The van der Waals surface area contributed by atoms with Crippen molar-refractivity contribution < 1.29 is 4.57 Å². The van der Waals surface area contributed by atoms with Crippen LogP contribution in [0, 0.1) is 0 Å². The maximum atomic E-state index is 13.6. The molecule has 2 heteroatoms. The van der Waals surface area contributed by atoms with Gasteiger partial charge in [0.2, 0.25) is 0 Å². The van der Waals surface area contributed by atoms with E-state index < -0.39 is 7.14 Å². The van der Waals surface area contributed by atoms with Crippen LogP contribution in [0.2, 0.25) is 0 Å². The molecule has 0 saturated carbocycles. The molecule has 2 aromatic rings. The monoisotopic (exact) mass is 272 g/mol. The van der Waals surface area contributed by atoms with Crippen molar-refractivity contribution >= 4 is 12.4 Å². The molecular weight excluding hydrogens is 251 g/mol. The zero-order valence-corrected chi connectivity index (χ0v) is 12.7. The Hall–Kier alpha value is -1.33. The van der Waals surface area contributed by atoms with Crippen molar-refractivity contribution in [2.45, 2.75) is 32.1 Å². The Morgan fingerprint density at radius 1 is 0.842 bits per heavy atom. The van der Waals surface area contributed by atoms with Crippen LogP contribution in [-0.4, -0.2) is 5.16 Å². The molecule has 0 N–H and O–H groups in total. The molecule has 2 rings (SSSR count). The second-order valence-electron chi connectivity index (χ2n) is 5.89. The van der Waals surface area contributed by atoms with Crippen molar-refractivity contribution in [3.63, 3.8) is 0 Å². The molecule has 19 heavy (non-hydrogen) atoms. The van der Waals surface area contributed by atoms with E-state index in [0.29, 0.717) is 6.16 Å². The van der Waals surface area contributed by atoms with Crippen LogP contribution >= 0.6 is 7.14 Å². The maximum Gasteiger partial charge on any atom is 0.124 e. The van der Waals surface area contributed by atoms with Gasteiger partial charge in [-0.3, -0.25) is 0 Å². The minimum absolute atomic E-state index is 0.232. The number of benzene rings is 2. The zero-order chi connectivity index (χ0) is 13.9. The second kappa shape index (κ2) is 5.35. The highest BCUT2D eigenvalue weighted by molar-refractivity contribution is 7.72. The van der Waals surface area contributed by atoms with Gasteiger partial charge in [0, 0.05) is 16.6 Å². The minimum Gasteiger partial charge on any atom is -0.318 e. The first-order valence-electron chi connectivity index (χ1n) is 6.62. The van der Waals surface area contributed by atoms with Crippen molar-refractivity contribution in [2.24, 2.45) is 0 Å². The van der Waals surface area contributed by atoms with Crippen LogP contribution in [0.1, 0.15) is 26.3 Å². The second-order valence-corrected chi connectivity index (χ2v) is 9.54. The van der Waals surface area contributed by atoms with Gasteiger partial charge in [-0.1, -0.05) is 81.4 Å². The normalized spacial score (nSPS) is 14.9. The Balaban J connectivity index is 2.46. The smallest absolute Gasteiger partial charge is 0.124 e. The van der Waals surface area contributed by atoms with E-state index in [1.165, 1.54) is 0 Å². The Morgan fingerprint density at radius 3 is 1.79 bits per heavy atom. The van der Waals surface area contributed by atoms with Crippen LogP contribution in [0.4, 0.5) is 0 Å². The Bertz CT molecular complexity index is 567. The topological polar surface area (TPSA) is 17.1 Å². The third-order valence-corrected chi connectivity index (χ3v) is 7.61. The summed E-state index contributed by atoms with van der Waals surface area (Å²) in [5.74, 6) is 0. The van der Waals surface area contributed by atoms with E-state index >= 15 is 0 Å². The summed E-state index contributed by atoms with van der Waals surface area (Å²) in [4.78, 5) is 0. The molecule has 0 spiro atoms. The van der Waals surface area contributed by atoms with Crippen LogP contribution in [0.15, 0.2) is 60.7 Å². The SMILES string of the molecule is CC(C)(C)[P@@](=O)(Cc1ccccc1)c1ccccc1. The Morgan fingerprint density at radius 2 is 1.32 bits per heavy atom. The van der Waals surface area contributed by atoms with Crippen molar-refractivity contribution in [3.8, 4) is 0 Å². The largest absolute Gasteiger partial charge is 0.318 e. The van der Waals surface area contributed by atoms with Gasteiger partial charge < -0.3 is 4.57 Å². The molecule has 0 aliphatic rings. The first kappa shape index (κ1) is 14.1. The molecule has 0 fully saturated rings. The van der Waals surface area contributed by atoms with Crippen LogP contribution in [0.25, 0.3) is 0 Å². The van der Waals surface area contributed by atoms with Gasteiger partial charge in [-0.25, -0.2) is 0 Å². The van der Waals surface area contributed by atoms with E-state index in [9.17, 15) is 4.57 Å². The summed E-state index contributed by atoms with van der Waals surface area (Å²) < 4.78 is 13.6. The first-order chi connectivity index (χ1) is 8.93. The van der Waals surface area contributed by atoms with Gasteiger partial charge in [0.05, 0.1) is 0 Å². The molecule has 0 radical (unpaired) electrons. The molecule has 0 bridgehead atoms. The molecule has 0 amide bonds. The van der Waals surface area contributed by atoms with E-state index in [1.54, 1.807) is 0 Å². The lowest BCUT2D eigenvalue weighted by atomic mass is 10.2. The average Bonchev–Trinajstić information content (AvgIpc) is 2.39. The molecular formula is C17H21OP. The lowest BCUT2D eigenvalue weighted by molar-refractivity contribution is 0.555. The fourth-order valence-corrected chi connectivity index (χ4v) is 5.04. The van der Waals surface area contributed by atoms with Gasteiger partial charge in [0.15, 0.2) is 0 Å². The van der Waals surface area contributed by atoms with Crippen LogP contribution in [0.3, 0.4) is 0 Å². The third kappa shape index (κ3) is 2.98. The van der Waals surface area contributed by atoms with E-state index in [0.717, 1.165) is 10.9 Å². The highest BCUT2D eigenvalue weighted by atomic mass is 31.2. The Labute approximate surface area is 116 Å². The Kier molecular flexibility index (Phi) is 3.96. The van der Waals surface area contributed by atoms with Crippen LogP contribution in [0.5, 0.6) is 0 Å². The highest BCUT2D eigenvalue weighted by Gasteiger charge is 2.37. The summed E-state index contributed by atoms with van der Waals surface area (Å²) >= 11 is 0. The van der Waals surface area contributed by atoms with E-state index in [1.807, 2.05) is 48.5 Å². The van der Waals surface area contributed by atoms with Crippen molar-refractivity contribution in [3.05, 3.63) is 66.2 Å². The molecule has 0 aliphatic carbocycles. The zero-order valence-electron chi connectivity index (χ0n) is 11.8. The highest BCUT2D eigenvalue weighted by Crippen LogP contribution is 2.58. The number of rotatable bonds is 3. The van der Waals surface area contributed by atoms with Gasteiger partial charge in [0.25, 0.3) is 0 Å². The molecule has 0 aliphatic heterocycles. The predicted molar refractivity (Wildman–Crippen MR) is 83.6 cm³/mol. The van der Waals surface area contributed by atoms with Gasteiger partial charge in [-0.15, -0.1) is 0 Å². The van der Waals surface area contributed by atoms with Gasteiger partial charge in [-0.05, 0) is 5.56 Å². The molecule has 0 unspecified atom stereocenters. The van der Waals surface area contributed by atoms with Crippen molar-refractivity contribution in [1.82, 2.24) is 0 Å². The van der Waals surface area contributed by atoms with E-state index in [4.69, 9.17) is 0 Å². The molecule has 0 saturated heterocycles. The summed E-state index contributed by atoms with van der Waals surface area (Å²) in [7, 11) is -2.48. The quantitative estimate of drug-likeness (QED) is 0.742. The summed E-state index contributed by atoms with van der Waals surface area (Å²) in [6.07, 6.45) is 0.626. The van der Waals surface area contributed by atoms with E-state index in [-0.39, 0.29) is 5.16 Å². The van der Waals surface area contributed by atoms with Gasteiger partial charge in [-0.2, -0.15) is 0 Å². The molecule has 0 heterocycles. The molecule has 2 aromatic carbocycles. The lowest BCUT2D eigenvalue weighted by Gasteiger charge is -2.32. The van der Waals surface area contributed by atoms with Gasteiger partial charge in [0.1, 0.15) is 7.14 Å². The molecule has 100 valence electrons. The molecule has 0 aromatic heterocycles. The average molecular weight is 272 g/mol. The first-order valence-corrected chi connectivity index (χ1v) is 8.51. The maximum absolute atomic E-state index is 13.6. The van der Waals surface area contributed by atoms with Crippen molar-refractivity contribution in [2.75, 3.05) is 0 Å². The van der Waals surface area contributed by atoms with Crippen LogP contribution in [-0.2, 0) is 10.7 Å². The summed E-state index contributed by atoms with van der Waals surface area (Å²) in [5.41, 5.74) is 1.14. The third-order valence-electron chi connectivity index (χ3n) is 3.50. The van der Waals surface area contributed by atoms with Gasteiger partial charge >= 0.3 is 0 Å². The molecule has 1 atom stereocenters. The van der Waals surface area contributed by atoms with E-state index in [2.05, 4.69) is 32.9 Å². The van der Waals surface area contributed by atoms with Crippen molar-refractivity contribution in [1.29, 1.82) is 0 Å². The van der Waals surface area contributed by atoms with Crippen LogP contribution < -0.4 is 5.30 Å².